The van der Waals surface area contributed by atoms with E-state index >= 15 is 0 Å². The lowest BCUT2D eigenvalue weighted by Gasteiger charge is -2.30. The number of halogens is 1. The van der Waals surface area contributed by atoms with Gasteiger partial charge in [0.15, 0.2) is 0 Å². The van der Waals surface area contributed by atoms with Gasteiger partial charge in [0, 0.05) is 42.1 Å². The molecule has 1 fully saturated rings. The third-order valence-corrected chi connectivity index (χ3v) is 9.28. The fraction of sp³-hybridized carbons (Fsp3) is 0.261. The summed E-state index contributed by atoms with van der Waals surface area (Å²) in [6.45, 7) is 0.463. The number of nitrogens with one attached hydrogen (secondary N) is 2. The Morgan fingerprint density at radius 2 is 1.58 bits per heavy atom. The monoisotopic (exact) mass is 549 g/mol. The summed E-state index contributed by atoms with van der Waals surface area (Å²) >= 11 is 6.10. The molecule has 2 aromatic carbocycles. The van der Waals surface area contributed by atoms with Crippen molar-refractivity contribution >= 4 is 49.2 Å². The van der Waals surface area contributed by atoms with Crippen molar-refractivity contribution in [2.45, 2.75) is 23.5 Å². The number of amides is 1. The Morgan fingerprint density at radius 1 is 0.944 bits per heavy atom. The second kappa shape index (κ2) is 10.9. The van der Waals surface area contributed by atoms with Crippen molar-refractivity contribution in [2.24, 2.45) is 5.92 Å². The summed E-state index contributed by atoms with van der Waals surface area (Å²) in [6, 6.07) is 14.1. The summed E-state index contributed by atoms with van der Waals surface area (Å²) in [6.07, 6.45) is 3.59. The van der Waals surface area contributed by atoms with Crippen LogP contribution in [0, 0.1) is 5.92 Å². The maximum Gasteiger partial charge on any atom is 0.264 e. The van der Waals surface area contributed by atoms with Crippen molar-refractivity contribution in [1.82, 2.24) is 14.3 Å². The van der Waals surface area contributed by atoms with Crippen LogP contribution < -0.4 is 10.0 Å². The number of piperidine rings is 1. The molecule has 0 bridgehead atoms. The van der Waals surface area contributed by atoms with Gasteiger partial charge in [-0.3, -0.25) is 4.79 Å². The van der Waals surface area contributed by atoms with Crippen LogP contribution in [0.15, 0.2) is 71.9 Å². The summed E-state index contributed by atoms with van der Waals surface area (Å²) in [5.74, 6) is -0.846. The zero-order valence-electron chi connectivity index (χ0n) is 19.0. The lowest BCUT2D eigenvalue weighted by atomic mass is 9.97. The molecule has 1 amide bonds. The molecular formula is C23H24ClN5O5S2. The van der Waals surface area contributed by atoms with Gasteiger partial charge in [-0.15, -0.1) is 0 Å². The van der Waals surface area contributed by atoms with Gasteiger partial charge in [-0.05, 0) is 54.8 Å². The van der Waals surface area contributed by atoms with E-state index in [1.165, 1.54) is 41.0 Å². The lowest BCUT2D eigenvalue weighted by molar-refractivity contribution is -0.120. The van der Waals surface area contributed by atoms with Crippen LogP contribution in [0.5, 0.6) is 0 Å². The molecule has 4 rings (SSSR count). The largest absolute Gasteiger partial charge is 0.326 e. The molecule has 1 aliphatic rings. The van der Waals surface area contributed by atoms with Gasteiger partial charge in [-0.1, -0.05) is 29.8 Å². The molecule has 0 aliphatic carbocycles. The minimum absolute atomic E-state index is 0.00927. The van der Waals surface area contributed by atoms with Gasteiger partial charge < -0.3 is 5.32 Å². The van der Waals surface area contributed by atoms with E-state index in [1.54, 1.807) is 30.3 Å². The van der Waals surface area contributed by atoms with Gasteiger partial charge in [0.25, 0.3) is 10.0 Å². The van der Waals surface area contributed by atoms with E-state index in [1.807, 2.05) is 0 Å². The second-order valence-corrected chi connectivity index (χ2v) is 12.3. The van der Waals surface area contributed by atoms with Gasteiger partial charge in [-0.2, -0.15) is 0 Å². The standard InChI is InChI=1S/C23H24ClN5O5S2/c24-21-5-2-1-4-18(21)16-35(31,32)29-14-10-17(11-15-29)22(30)27-19-6-8-20(9-7-19)36(33,34)28-23-25-12-3-13-26-23/h1-9,12-13,17H,10-11,14-16H2,(H,27,30)(H,25,26,28). The first-order valence-corrected chi connectivity index (χ1v) is 14.5. The molecule has 0 saturated carbocycles. The molecule has 1 saturated heterocycles. The highest BCUT2D eigenvalue weighted by Gasteiger charge is 2.31. The Balaban J connectivity index is 1.31. The fourth-order valence-electron chi connectivity index (χ4n) is 3.79. The predicted molar refractivity (Wildman–Crippen MR) is 136 cm³/mol. The number of sulfonamides is 2. The first-order chi connectivity index (χ1) is 17.1. The van der Waals surface area contributed by atoms with E-state index in [9.17, 15) is 21.6 Å². The average molecular weight is 550 g/mol. The van der Waals surface area contributed by atoms with Gasteiger partial charge >= 0.3 is 0 Å². The molecule has 1 aromatic heterocycles. The SMILES string of the molecule is O=C(Nc1ccc(S(=O)(=O)Nc2ncccn2)cc1)C1CCN(S(=O)(=O)Cc2ccccc2Cl)CC1. The van der Waals surface area contributed by atoms with Gasteiger partial charge in [0.05, 0.1) is 10.6 Å². The van der Waals surface area contributed by atoms with E-state index in [0.717, 1.165) is 0 Å². The topological polar surface area (TPSA) is 138 Å². The third-order valence-electron chi connectivity index (χ3n) is 5.74. The number of aromatic nitrogens is 2. The minimum Gasteiger partial charge on any atom is -0.326 e. The van der Waals surface area contributed by atoms with Gasteiger partial charge in [-0.25, -0.2) is 35.8 Å². The minimum atomic E-state index is -3.88. The number of hydrogen-bond donors (Lipinski definition) is 2. The number of carbonyl (C=O) groups excluding carboxylic acids is 1. The predicted octanol–water partition coefficient (Wildman–Crippen LogP) is 3.11. The fourth-order valence-corrected chi connectivity index (χ4v) is 6.63. The number of hydrogen-bond acceptors (Lipinski definition) is 7. The zero-order chi connectivity index (χ0) is 25.8. The number of benzene rings is 2. The summed E-state index contributed by atoms with van der Waals surface area (Å²) in [4.78, 5) is 20.4. The number of nitrogens with zero attached hydrogens (tertiary/aromatic N) is 3. The molecule has 0 unspecified atom stereocenters. The van der Waals surface area contributed by atoms with Crippen LogP contribution in [0.4, 0.5) is 11.6 Å². The maximum absolute atomic E-state index is 12.8. The molecule has 13 heteroatoms. The average Bonchev–Trinajstić information content (AvgIpc) is 2.86. The molecule has 3 aromatic rings. The van der Waals surface area contributed by atoms with Crippen molar-refractivity contribution in [2.75, 3.05) is 23.1 Å². The van der Waals surface area contributed by atoms with Crippen molar-refractivity contribution in [3.8, 4) is 0 Å². The van der Waals surface area contributed by atoms with E-state index in [-0.39, 0.29) is 41.5 Å². The van der Waals surface area contributed by atoms with Crippen LogP contribution in [-0.2, 0) is 30.6 Å². The van der Waals surface area contributed by atoms with Gasteiger partial charge in [0.2, 0.25) is 21.9 Å². The normalized spacial score (nSPS) is 15.4. The van der Waals surface area contributed by atoms with Crippen LogP contribution >= 0.6 is 11.6 Å². The van der Waals surface area contributed by atoms with E-state index < -0.39 is 20.0 Å². The van der Waals surface area contributed by atoms with Crippen molar-refractivity contribution in [3.05, 3.63) is 77.6 Å². The van der Waals surface area contributed by atoms with Crippen molar-refractivity contribution in [3.63, 3.8) is 0 Å². The van der Waals surface area contributed by atoms with Gasteiger partial charge in [0.1, 0.15) is 0 Å². The molecule has 0 atom stereocenters. The Bertz CT molecular complexity index is 1430. The van der Waals surface area contributed by atoms with Crippen LogP contribution in [0.3, 0.4) is 0 Å². The first kappa shape index (κ1) is 26.0. The summed E-state index contributed by atoms with van der Waals surface area (Å²) in [7, 11) is -7.45. The zero-order valence-corrected chi connectivity index (χ0v) is 21.4. The van der Waals surface area contributed by atoms with Crippen molar-refractivity contribution < 1.29 is 21.6 Å². The van der Waals surface area contributed by atoms with Crippen LogP contribution in [0.1, 0.15) is 18.4 Å². The summed E-state index contributed by atoms with van der Waals surface area (Å²) < 4.78 is 54.3. The highest BCUT2D eigenvalue weighted by atomic mass is 35.5. The lowest BCUT2D eigenvalue weighted by Crippen LogP contribution is -2.41. The van der Waals surface area contributed by atoms with Crippen LogP contribution in [0.2, 0.25) is 5.02 Å². The van der Waals surface area contributed by atoms with E-state index in [4.69, 9.17) is 11.6 Å². The molecule has 2 N–H and O–H groups in total. The highest BCUT2D eigenvalue weighted by molar-refractivity contribution is 7.92. The Morgan fingerprint density at radius 3 is 2.22 bits per heavy atom. The molecule has 2 heterocycles. The van der Waals surface area contributed by atoms with Crippen molar-refractivity contribution in [1.29, 1.82) is 0 Å². The first-order valence-electron chi connectivity index (χ1n) is 11.1. The summed E-state index contributed by atoms with van der Waals surface area (Å²) in [5, 5.41) is 3.18. The molecular weight excluding hydrogens is 526 g/mol. The Hall–Kier alpha value is -3.06. The molecule has 0 radical (unpaired) electrons. The Kier molecular flexibility index (Phi) is 7.88. The molecule has 36 heavy (non-hydrogen) atoms. The third kappa shape index (κ3) is 6.38. The van der Waals surface area contributed by atoms with E-state index in [0.29, 0.717) is 29.1 Å². The number of carbonyl (C=O) groups is 1. The number of rotatable bonds is 8. The quantitative estimate of drug-likeness (QED) is 0.440. The number of anilines is 2. The molecule has 190 valence electrons. The smallest absolute Gasteiger partial charge is 0.264 e. The summed E-state index contributed by atoms with van der Waals surface area (Å²) in [5.41, 5.74) is 0.972. The Labute approximate surface area is 214 Å². The molecule has 10 nitrogen and oxygen atoms in total. The van der Waals surface area contributed by atoms with Crippen LogP contribution in [0.25, 0.3) is 0 Å². The van der Waals surface area contributed by atoms with Crippen LogP contribution in [-0.4, -0.2) is 50.1 Å². The maximum atomic E-state index is 12.8. The molecule has 0 spiro atoms. The van der Waals surface area contributed by atoms with E-state index in [2.05, 4.69) is 20.0 Å². The second-order valence-electron chi connectivity index (χ2n) is 8.21. The highest BCUT2D eigenvalue weighted by Crippen LogP contribution is 2.25. The molecule has 1 aliphatic heterocycles.